The van der Waals surface area contributed by atoms with Crippen LogP contribution in [0.4, 0.5) is 0 Å². The van der Waals surface area contributed by atoms with Crippen LogP contribution in [-0.2, 0) is 9.53 Å². The highest BCUT2D eigenvalue weighted by atomic mass is 35.5. The molecule has 3 rings (SSSR count). The highest BCUT2D eigenvalue weighted by Gasteiger charge is 2.38. The van der Waals surface area contributed by atoms with Crippen LogP contribution in [0, 0.1) is 5.92 Å². The Balaban J connectivity index is 0.00000120. The average Bonchev–Trinajstić information content (AvgIpc) is 3.04. The fourth-order valence-electron chi connectivity index (χ4n) is 3.04. The second kappa shape index (κ2) is 6.22. The van der Waals surface area contributed by atoms with Crippen molar-refractivity contribution >= 4 is 18.3 Å². The van der Waals surface area contributed by atoms with Crippen LogP contribution in [0.2, 0.25) is 0 Å². The van der Waals surface area contributed by atoms with Gasteiger partial charge in [0.15, 0.2) is 0 Å². The first-order chi connectivity index (χ1) is 8.34. The minimum atomic E-state index is 0. The van der Waals surface area contributed by atoms with Gasteiger partial charge in [0.25, 0.3) is 0 Å². The molecule has 3 aliphatic rings. The Morgan fingerprint density at radius 1 is 1.28 bits per heavy atom. The molecule has 2 aliphatic carbocycles. The molecule has 104 valence electrons. The number of morpholine rings is 1. The molecular formula is C13H23ClN2O2. The molecule has 1 aliphatic heterocycles. The number of nitrogens with one attached hydrogen (secondary N) is 1. The van der Waals surface area contributed by atoms with E-state index in [1.165, 1.54) is 19.3 Å². The lowest BCUT2D eigenvalue weighted by Gasteiger charge is -2.37. The van der Waals surface area contributed by atoms with Crippen molar-refractivity contribution in [2.24, 2.45) is 5.92 Å². The normalized spacial score (nSPS) is 30.8. The van der Waals surface area contributed by atoms with Crippen LogP contribution < -0.4 is 5.32 Å². The zero-order chi connectivity index (χ0) is 11.7. The summed E-state index contributed by atoms with van der Waals surface area (Å²) >= 11 is 0. The average molecular weight is 275 g/mol. The summed E-state index contributed by atoms with van der Waals surface area (Å²) in [5.74, 6) is 1.11. The SMILES string of the molecule is Cl.O=C(CNCC1CC1)N1CCOC2CCCC21. The maximum Gasteiger partial charge on any atom is 0.236 e. The van der Waals surface area contributed by atoms with Crippen LogP contribution in [-0.4, -0.2) is 49.2 Å². The van der Waals surface area contributed by atoms with E-state index in [0.717, 1.165) is 38.5 Å². The fourth-order valence-corrected chi connectivity index (χ4v) is 3.04. The third-order valence-electron chi connectivity index (χ3n) is 4.21. The van der Waals surface area contributed by atoms with E-state index in [2.05, 4.69) is 10.2 Å². The van der Waals surface area contributed by atoms with Gasteiger partial charge < -0.3 is 15.0 Å². The fraction of sp³-hybridized carbons (Fsp3) is 0.923. The Hall–Kier alpha value is -0.320. The van der Waals surface area contributed by atoms with E-state index in [-0.39, 0.29) is 18.3 Å². The van der Waals surface area contributed by atoms with Gasteiger partial charge in [-0.25, -0.2) is 0 Å². The number of halogens is 1. The molecule has 0 aromatic rings. The summed E-state index contributed by atoms with van der Waals surface area (Å²) in [4.78, 5) is 14.2. The zero-order valence-corrected chi connectivity index (χ0v) is 11.6. The summed E-state index contributed by atoms with van der Waals surface area (Å²) in [5.41, 5.74) is 0. The number of carbonyl (C=O) groups excluding carboxylic acids is 1. The van der Waals surface area contributed by atoms with E-state index in [1.807, 2.05) is 0 Å². The molecule has 2 saturated carbocycles. The quantitative estimate of drug-likeness (QED) is 0.837. The molecule has 0 radical (unpaired) electrons. The van der Waals surface area contributed by atoms with Gasteiger partial charge in [0, 0.05) is 6.54 Å². The minimum absolute atomic E-state index is 0. The predicted octanol–water partition coefficient (Wildman–Crippen LogP) is 1.19. The number of hydrogen-bond acceptors (Lipinski definition) is 3. The topological polar surface area (TPSA) is 41.6 Å². The monoisotopic (exact) mass is 274 g/mol. The number of carbonyl (C=O) groups is 1. The van der Waals surface area contributed by atoms with Gasteiger partial charge >= 0.3 is 0 Å². The molecular weight excluding hydrogens is 252 g/mol. The molecule has 0 bridgehead atoms. The molecule has 2 unspecified atom stereocenters. The lowest BCUT2D eigenvalue weighted by atomic mass is 10.1. The maximum absolute atomic E-state index is 12.2. The molecule has 5 heteroatoms. The molecule has 0 spiro atoms. The van der Waals surface area contributed by atoms with Crippen molar-refractivity contribution in [2.45, 2.75) is 44.2 Å². The summed E-state index contributed by atoms with van der Waals surface area (Å²) in [6.45, 7) is 3.03. The lowest BCUT2D eigenvalue weighted by molar-refractivity contribution is -0.142. The van der Waals surface area contributed by atoms with Gasteiger partial charge in [-0.2, -0.15) is 0 Å². The summed E-state index contributed by atoms with van der Waals surface area (Å²) in [6, 6.07) is 0.360. The molecule has 4 nitrogen and oxygen atoms in total. The molecule has 1 amide bonds. The van der Waals surface area contributed by atoms with Crippen molar-refractivity contribution in [1.29, 1.82) is 0 Å². The van der Waals surface area contributed by atoms with E-state index in [4.69, 9.17) is 4.74 Å². The van der Waals surface area contributed by atoms with Gasteiger partial charge in [0.2, 0.25) is 5.91 Å². The van der Waals surface area contributed by atoms with Gasteiger partial charge in [-0.3, -0.25) is 4.79 Å². The Morgan fingerprint density at radius 2 is 2.11 bits per heavy atom. The standard InChI is InChI=1S/C13H22N2O2.ClH/c16-13(9-14-8-10-4-5-10)15-6-7-17-12-3-1-2-11(12)15;/h10-12,14H,1-9H2;1H. The second-order valence-electron chi connectivity index (χ2n) is 5.57. The largest absolute Gasteiger partial charge is 0.374 e. The number of nitrogens with zero attached hydrogens (tertiary/aromatic N) is 1. The van der Waals surface area contributed by atoms with Crippen molar-refractivity contribution in [3.05, 3.63) is 0 Å². The Kier molecular flexibility index (Phi) is 4.87. The van der Waals surface area contributed by atoms with Gasteiger partial charge in [0.05, 0.1) is 25.3 Å². The van der Waals surface area contributed by atoms with E-state index in [0.29, 0.717) is 18.7 Å². The molecule has 0 aromatic carbocycles. The van der Waals surface area contributed by atoms with E-state index in [1.54, 1.807) is 0 Å². The number of fused-ring (bicyclic) bond motifs is 1. The summed E-state index contributed by atoms with van der Waals surface area (Å²) in [7, 11) is 0. The minimum Gasteiger partial charge on any atom is -0.374 e. The van der Waals surface area contributed by atoms with Gasteiger partial charge in [-0.05, 0) is 44.6 Å². The first kappa shape index (κ1) is 14.1. The first-order valence-electron chi connectivity index (χ1n) is 6.96. The van der Waals surface area contributed by atoms with Crippen molar-refractivity contribution in [1.82, 2.24) is 10.2 Å². The molecule has 1 saturated heterocycles. The Bertz CT molecular complexity index is 297. The van der Waals surface area contributed by atoms with Gasteiger partial charge in [0.1, 0.15) is 0 Å². The molecule has 2 atom stereocenters. The number of hydrogen-bond donors (Lipinski definition) is 1. The van der Waals surface area contributed by atoms with Crippen molar-refractivity contribution in [3.63, 3.8) is 0 Å². The Morgan fingerprint density at radius 3 is 2.89 bits per heavy atom. The van der Waals surface area contributed by atoms with Crippen molar-refractivity contribution in [3.8, 4) is 0 Å². The maximum atomic E-state index is 12.2. The predicted molar refractivity (Wildman–Crippen MR) is 71.9 cm³/mol. The third kappa shape index (κ3) is 3.16. The summed E-state index contributed by atoms with van der Waals surface area (Å²) in [5, 5.41) is 3.29. The van der Waals surface area contributed by atoms with Crippen LogP contribution in [0.1, 0.15) is 32.1 Å². The van der Waals surface area contributed by atoms with Gasteiger partial charge in [-0.1, -0.05) is 0 Å². The van der Waals surface area contributed by atoms with Crippen LogP contribution in [0.15, 0.2) is 0 Å². The lowest BCUT2D eigenvalue weighted by Crippen LogP contribution is -2.53. The highest BCUT2D eigenvalue weighted by Crippen LogP contribution is 2.30. The first-order valence-corrected chi connectivity index (χ1v) is 6.96. The summed E-state index contributed by atoms with van der Waals surface area (Å²) < 4.78 is 5.72. The smallest absolute Gasteiger partial charge is 0.236 e. The Labute approximate surface area is 115 Å². The van der Waals surface area contributed by atoms with Crippen LogP contribution in [0.5, 0.6) is 0 Å². The third-order valence-corrected chi connectivity index (χ3v) is 4.21. The molecule has 3 fully saturated rings. The van der Waals surface area contributed by atoms with Gasteiger partial charge in [-0.15, -0.1) is 12.4 Å². The molecule has 0 aromatic heterocycles. The van der Waals surface area contributed by atoms with Crippen molar-refractivity contribution < 1.29 is 9.53 Å². The zero-order valence-electron chi connectivity index (χ0n) is 10.8. The van der Waals surface area contributed by atoms with Crippen LogP contribution >= 0.6 is 12.4 Å². The van der Waals surface area contributed by atoms with Crippen LogP contribution in [0.3, 0.4) is 0 Å². The number of ether oxygens (including phenoxy) is 1. The number of amides is 1. The van der Waals surface area contributed by atoms with E-state index >= 15 is 0 Å². The van der Waals surface area contributed by atoms with Crippen molar-refractivity contribution in [2.75, 3.05) is 26.2 Å². The molecule has 18 heavy (non-hydrogen) atoms. The molecule has 1 heterocycles. The highest BCUT2D eigenvalue weighted by molar-refractivity contribution is 5.85. The van der Waals surface area contributed by atoms with Crippen LogP contribution in [0.25, 0.3) is 0 Å². The number of rotatable bonds is 4. The molecule has 1 N–H and O–H groups in total. The summed E-state index contributed by atoms with van der Waals surface area (Å²) in [6.07, 6.45) is 6.45. The van der Waals surface area contributed by atoms with E-state index < -0.39 is 0 Å². The second-order valence-corrected chi connectivity index (χ2v) is 5.57. The van der Waals surface area contributed by atoms with E-state index in [9.17, 15) is 4.79 Å².